The van der Waals surface area contributed by atoms with Crippen LogP contribution < -0.4 is 10.2 Å². The third-order valence-electron chi connectivity index (χ3n) is 3.17. The van der Waals surface area contributed by atoms with Gasteiger partial charge in [-0.1, -0.05) is 31.9 Å². The molecular formula is C14H24BNO3. The molecule has 1 aromatic carbocycles. The molecule has 0 spiro atoms. The lowest BCUT2D eigenvalue weighted by Crippen LogP contribution is -2.32. The highest BCUT2D eigenvalue weighted by Gasteiger charge is 2.17. The molecule has 0 amide bonds. The molecule has 1 aromatic rings. The Bertz CT molecular complexity index is 385. The molecule has 0 atom stereocenters. The molecule has 106 valence electrons. The van der Waals surface area contributed by atoms with Gasteiger partial charge in [0.25, 0.3) is 0 Å². The van der Waals surface area contributed by atoms with Gasteiger partial charge in [0, 0.05) is 12.0 Å². The molecule has 0 bridgehead atoms. The minimum Gasteiger partial charge on any atom is -0.497 e. The molecule has 0 heterocycles. The molecule has 0 fully saturated rings. The maximum absolute atomic E-state index is 9.33. The number of hydrogen-bond donors (Lipinski definition) is 2. The van der Waals surface area contributed by atoms with Crippen molar-refractivity contribution in [2.45, 2.75) is 32.7 Å². The largest absolute Gasteiger partial charge is 0.497 e. The summed E-state index contributed by atoms with van der Waals surface area (Å²) in [5.41, 5.74) is 1.48. The van der Waals surface area contributed by atoms with Crippen molar-refractivity contribution in [3.05, 3.63) is 23.8 Å². The Morgan fingerprint density at radius 3 is 2.58 bits per heavy atom. The van der Waals surface area contributed by atoms with Crippen LogP contribution in [0.1, 0.15) is 31.7 Å². The van der Waals surface area contributed by atoms with E-state index >= 15 is 0 Å². The zero-order valence-corrected chi connectivity index (χ0v) is 12.1. The molecule has 0 aliphatic rings. The standard InChI is InChI=1S/C14H24BNO3/c1-4-5-6-9-16(2)11-12-7-8-14(19-3)13(10-12)15(17)18/h7-8,10,17-18H,4-6,9,11H2,1-3H3. The van der Waals surface area contributed by atoms with Crippen molar-refractivity contribution in [2.75, 3.05) is 20.7 Å². The molecule has 19 heavy (non-hydrogen) atoms. The second-order valence-corrected chi connectivity index (χ2v) is 4.89. The van der Waals surface area contributed by atoms with Crippen molar-refractivity contribution >= 4 is 12.6 Å². The van der Waals surface area contributed by atoms with Crippen molar-refractivity contribution in [1.29, 1.82) is 0 Å². The van der Waals surface area contributed by atoms with E-state index in [4.69, 9.17) is 4.74 Å². The molecule has 0 radical (unpaired) electrons. The lowest BCUT2D eigenvalue weighted by molar-refractivity contribution is 0.318. The third kappa shape index (κ3) is 5.23. The normalized spacial score (nSPS) is 10.8. The summed E-state index contributed by atoms with van der Waals surface area (Å²) in [7, 11) is 2.10. The van der Waals surface area contributed by atoms with Crippen LogP contribution in [0.15, 0.2) is 18.2 Å². The van der Waals surface area contributed by atoms with E-state index in [-0.39, 0.29) is 0 Å². The van der Waals surface area contributed by atoms with Crippen LogP contribution in [0.25, 0.3) is 0 Å². The average Bonchev–Trinajstić information content (AvgIpc) is 2.39. The number of nitrogens with zero attached hydrogens (tertiary/aromatic N) is 1. The van der Waals surface area contributed by atoms with Gasteiger partial charge in [0.15, 0.2) is 0 Å². The van der Waals surface area contributed by atoms with Crippen LogP contribution in [-0.4, -0.2) is 42.8 Å². The fourth-order valence-corrected chi connectivity index (χ4v) is 2.11. The molecule has 2 N–H and O–H groups in total. The van der Waals surface area contributed by atoms with Gasteiger partial charge in [0.05, 0.1) is 7.11 Å². The number of rotatable bonds is 8. The predicted molar refractivity (Wildman–Crippen MR) is 78.7 cm³/mol. The molecule has 5 heteroatoms. The summed E-state index contributed by atoms with van der Waals surface area (Å²) >= 11 is 0. The smallest absolute Gasteiger partial charge is 0.492 e. The molecule has 0 aromatic heterocycles. The van der Waals surface area contributed by atoms with Gasteiger partial charge >= 0.3 is 7.12 Å². The highest BCUT2D eigenvalue weighted by Crippen LogP contribution is 2.11. The minimum atomic E-state index is -1.50. The fraction of sp³-hybridized carbons (Fsp3) is 0.571. The van der Waals surface area contributed by atoms with Crippen molar-refractivity contribution in [2.24, 2.45) is 0 Å². The first-order chi connectivity index (χ1) is 9.08. The SMILES string of the molecule is CCCCCN(C)Cc1ccc(OC)c(B(O)O)c1. The zero-order valence-electron chi connectivity index (χ0n) is 12.1. The Kier molecular flexibility index (Phi) is 6.91. The van der Waals surface area contributed by atoms with Gasteiger partial charge in [-0.2, -0.15) is 0 Å². The molecular weight excluding hydrogens is 241 g/mol. The molecule has 0 aliphatic carbocycles. The summed E-state index contributed by atoms with van der Waals surface area (Å²) in [6, 6.07) is 5.53. The predicted octanol–water partition coefficient (Wildman–Crippen LogP) is 0.997. The topological polar surface area (TPSA) is 52.9 Å². The molecule has 0 unspecified atom stereocenters. The minimum absolute atomic E-state index is 0.418. The first-order valence-corrected chi connectivity index (χ1v) is 6.80. The Morgan fingerprint density at radius 1 is 1.26 bits per heavy atom. The fourth-order valence-electron chi connectivity index (χ4n) is 2.11. The van der Waals surface area contributed by atoms with Gasteiger partial charge in [-0.15, -0.1) is 0 Å². The second kappa shape index (κ2) is 8.20. The van der Waals surface area contributed by atoms with E-state index in [9.17, 15) is 10.0 Å². The lowest BCUT2D eigenvalue weighted by atomic mass is 9.78. The van der Waals surface area contributed by atoms with E-state index < -0.39 is 7.12 Å². The second-order valence-electron chi connectivity index (χ2n) is 4.89. The summed E-state index contributed by atoms with van der Waals surface area (Å²) < 4.78 is 5.11. The Balaban J connectivity index is 2.66. The van der Waals surface area contributed by atoms with E-state index in [0.29, 0.717) is 11.2 Å². The summed E-state index contributed by atoms with van der Waals surface area (Å²) in [5.74, 6) is 0.507. The van der Waals surface area contributed by atoms with Gasteiger partial charge in [0.2, 0.25) is 0 Å². The quantitative estimate of drug-likeness (QED) is 0.544. The van der Waals surface area contributed by atoms with Gasteiger partial charge in [-0.05, 0) is 31.6 Å². The van der Waals surface area contributed by atoms with E-state index in [1.54, 1.807) is 12.1 Å². The van der Waals surface area contributed by atoms with Gasteiger partial charge in [-0.25, -0.2) is 0 Å². The van der Waals surface area contributed by atoms with Crippen LogP contribution in [0.4, 0.5) is 0 Å². The summed E-state index contributed by atoms with van der Waals surface area (Å²) in [4.78, 5) is 2.24. The first-order valence-electron chi connectivity index (χ1n) is 6.80. The van der Waals surface area contributed by atoms with Crippen LogP contribution in [0, 0.1) is 0 Å². The maximum Gasteiger partial charge on any atom is 0.492 e. The lowest BCUT2D eigenvalue weighted by Gasteiger charge is -2.17. The van der Waals surface area contributed by atoms with Crippen LogP contribution in [0.2, 0.25) is 0 Å². The molecule has 0 saturated carbocycles. The maximum atomic E-state index is 9.33. The van der Waals surface area contributed by atoms with Crippen molar-refractivity contribution in [1.82, 2.24) is 4.90 Å². The van der Waals surface area contributed by atoms with Gasteiger partial charge < -0.3 is 19.7 Å². The molecule has 4 nitrogen and oxygen atoms in total. The summed E-state index contributed by atoms with van der Waals surface area (Å²) in [5, 5.41) is 18.7. The average molecular weight is 265 g/mol. The highest BCUT2D eigenvalue weighted by molar-refractivity contribution is 6.59. The van der Waals surface area contributed by atoms with E-state index in [0.717, 1.165) is 18.7 Å². The van der Waals surface area contributed by atoms with E-state index in [2.05, 4.69) is 18.9 Å². The van der Waals surface area contributed by atoms with Crippen LogP contribution in [0.5, 0.6) is 5.75 Å². The number of benzene rings is 1. The number of methoxy groups -OCH3 is 1. The van der Waals surface area contributed by atoms with Crippen molar-refractivity contribution in [3.63, 3.8) is 0 Å². The van der Waals surface area contributed by atoms with Crippen LogP contribution in [0.3, 0.4) is 0 Å². The van der Waals surface area contributed by atoms with Crippen LogP contribution >= 0.6 is 0 Å². The molecule has 0 aliphatic heterocycles. The van der Waals surface area contributed by atoms with Gasteiger partial charge in [-0.3, -0.25) is 0 Å². The van der Waals surface area contributed by atoms with Crippen molar-refractivity contribution < 1.29 is 14.8 Å². The number of ether oxygens (including phenoxy) is 1. The van der Waals surface area contributed by atoms with Gasteiger partial charge in [0.1, 0.15) is 5.75 Å². The first kappa shape index (κ1) is 16.0. The van der Waals surface area contributed by atoms with Crippen LogP contribution in [-0.2, 0) is 6.54 Å². The van der Waals surface area contributed by atoms with Crippen molar-refractivity contribution in [3.8, 4) is 5.75 Å². The molecule has 1 rings (SSSR count). The Hall–Kier alpha value is -1.04. The summed E-state index contributed by atoms with van der Waals surface area (Å²) in [6.07, 6.45) is 3.66. The molecule has 0 saturated heterocycles. The monoisotopic (exact) mass is 265 g/mol. The number of unbranched alkanes of at least 4 members (excludes halogenated alkanes) is 2. The van der Waals surface area contributed by atoms with E-state index in [1.807, 2.05) is 6.07 Å². The summed E-state index contributed by atoms with van der Waals surface area (Å²) in [6.45, 7) is 4.04. The number of hydrogen-bond acceptors (Lipinski definition) is 4. The highest BCUT2D eigenvalue weighted by atomic mass is 16.5. The third-order valence-corrected chi connectivity index (χ3v) is 3.17. The Labute approximate surface area is 116 Å². The Morgan fingerprint density at radius 2 is 2.00 bits per heavy atom. The van der Waals surface area contributed by atoms with E-state index in [1.165, 1.54) is 26.4 Å². The zero-order chi connectivity index (χ0) is 14.3.